The molecule has 1 aromatic rings. The van der Waals surface area contributed by atoms with Crippen molar-refractivity contribution in [1.29, 1.82) is 0 Å². The van der Waals surface area contributed by atoms with Crippen LogP contribution in [0.4, 0.5) is 0 Å². The fraction of sp³-hybridized carbons (Fsp3) is 0.588. The second kappa shape index (κ2) is 6.89. The summed E-state index contributed by atoms with van der Waals surface area (Å²) in [6.45, 7) is 8.82. The van der Waals surface area contributed by atoms with Crippen LogP contribution in [0.15, 0.2) is 30.3 Å². The normalized spacial score (nSPS) is 23.1. The summed E-state index contributed by atoms with van der Waals surface area (Å²) in [5, 5.41) is 3.60. The van der Waals surface area contributed by atoms with Crippen molar-refractivity contribution in [3.63, 3.8) is 0 Å². The molecule has 1 amide bonds. The molecule has 3 nitrogen and oxygen atoms in total. The minimum atomic E-state index is 0.0927. The van der Waals surface area contributed by atoms with E-state index in [0.29, 0.717) is 12.0 Å². The predicted molar refractivity (Wildman–Crippen MR) is 82.3 cm³/mol. The first-order valence-electron chi connectivity index (χ1n) is 7.62. The molecular formula is C17H26N2O. The zero-order valence-electron chi connectivity index (χ0n) is 12.8. The summed E-state index contributed by atoms with van der Waals surface area (Å²) in [5.41, 5.74) is 1.30. The summed E-state index contributed by atoms with van der Waals surface area (Å²) in [6, 6.07) is 10.8. The Balaban J connectivity index is 1.90. The number of carbonyl (C=O) groups excluding carboxylic acids is 1. The first-order valence-corrected chi connectivity index (χ1v) is 7.62. The number of rotatable bonds is 4. The maximum atomic E-state index is 12.2. The fourth-order valence-electron chi connectivity index (χ4n) is 2.90. The molecular weight excluding hydrogens is 248 g/mol. The van der Waals surface area contributed by atoms with E-state index >= 15 is 0 Å². The van der Waals surface area contributed by atoms with Crippen molar-refractivity contribution in [3.05, 3.63) is 35.9 Å². The van der Waals surface area contributed by atoms with Gasteiger partial charge in [0.25, 0.3) is 0 Å². The topological polar surface area (TPSA) is 32.3 Å². The van der Waals surface area contributed by atoms with Crippen LogP contribution in [0.3, 0.4) is 0 Å². The van der Waals surface area contributed by atoms with Crippen molar-refractivity contribution in [2.24, 2.45) is 11.8 Å². The van der Waals surface area contributed by atoms with Crippen molar-refractivity contribution < 1.29 is 4.79 Å². The van der Waals surface area contributed by atoms with Crippen LogP contribution in [0.25, 0.3) is 0 Å². The number of likely N-dealkylation sites (tertiary alicyclic amines) is 1. The monoisotopic (exact) mass is 274 g/mol. The average Bonchev–Trinajstić information content (AvgIpc) is 2.44. The largest absolute Gasteiger partial charge is 0.341 e. The minimum Gasteiger partial charge on any atom is -0.341 e. The van der Waals surface area contributed by atoms with Crippen molar-refractivity contribution in [2.45, 2.75) is 39.8 Å². The summed E-state index contributed by atoms with van der Waals surface area (Å²) in [6.07, 6.45) is 1.15. The molecule has 0 bridgehead atoms. The van der Waals surface area contributed by atoms with E-state index in [2.05, 4.69) is 36.5 Å². The number of nitrogens with one attached hydrogen (secondary N) is 1. The third kappa shape index (κ3) is 4.07. The molecule has 0 saturated carbocycles. The first-order chi connectivity index (χ1) is 9.56. The minimum absolute atomic E-state index is 0.0927. The Morgan fingerprint density at radius 2 is 2.00 bits per heavy atom. The molecule has 1 aromatic carbocycles. The summed E-state index contributed by atoms with van der Waals surface area (Å²) < 4.78 is 0. The Kier molecular flexibility index (Phi) is 5.18. The second-order valence-corrected chi connectivity index (χ2v) is 6.30. The molecule has 110 valence electrons. The number of amides is 1. The maximum absolute atomic E-state index is 12.2. The summed E-state index contributed by atoms with van der Waals surface area (Å²) >= 11 is 0. The maximum Gasteiger partial charge on any atom is 0.225 e. The van der Waals surface area contributed by atoms with Gasteiger partial charge in [-0.15, -0.1) is 0 Å². The zero-order chi connectivity index (χ0) is 14.5. The molecule has 0 spiro atoms. The van der Waals surface area contributed by atoms with E-state index in [0.717, 1.165) is 26.1 Å². The highest BCUT2D eigenvalue weighted by Gasteiger charge is 2.28. The average molecular weight is 274 g/mol. The van der Waals surface area contributed by atoms with Crippen LogP contribution in [-0.4, -0.2) is 29.9 Å². The molecule has 1 N–H and O–H groups in total. The molecule has 20 heavy (non-hydrogen) atoms. The summed E-state index contributed by atoms with van der Waals surface area (Å²) in [4.78, 5) is 14.2. The lowest BCUT2D eigenvalue weighted by atomic mass is 9.94. The molecule has 2 rings (SSSR count). The Morgan fingerprint density at radius 3 is 2.65 bits per heavy atom. The third-order valence-electron chi connectivity index (χ3n) is 3.90. The molecule has 2 unspecified atom stereocenters. The molecule has 2 atom stereocenters. The quantitative estimate of drug-likeness (QED) is 0.915. The van der Waals surface area contributed by atoms with E-state index in [1.54, 1.807) is 0 Å². The Labute approximate surface area is 122 Å². The summed E-state index contributed by atoms with van der Waals surface area (Å²) in [7, 11) is 0. The number of hydrogen-bond donors (Lipinski definition) is 1. The van der Waals surface area contributed by atoms with Gasteiger partial charge in [-0.1, -0.05) is 51.1 Å². The number of nitrogens with zero attached hydrogens (tertiary/aromatic N) is 1. The zero-order valence-corrected chi connectivity index (χ0v) is 12.8. The molecule has 1 saturated heterocycles. The second-order valence-electron chi connectivity index (χ2n) is 6.30. The molecule has 0 aliphatic carbocycles. The van der Waals surface area contributed by atoms with Gasteiger partial charge in [-0.05, 0) is 17.9 Å². The molecule has 1 heterocycles. The molecule has 0 radical (unpaired) electrons. The third-order valence-corrected chi connectivity index (χ3v) is 3.90. The van der Waals surface area contributed by atoms with Crippen molar-refractivity contribution in [1.82, 2.24) is 10.2 Å². The van der Waals surface area contributed by atoms with Crippen LogP contribution >= 0.6 is 0 Å². The lowest BCUT2D eigenvalue weighted by Gasteiger charge is -2.38. The van der Waals surface area contributed by atoms with Gasteiger partial charge in [-0.25, -0.2) is 0 Å². The lowest BCUT2D eigenvalue weighted by Crippen LogP contribution is -2.51. The van der Waals surface area contributed by atoms with Gasteiger partial charge in [-0.3, -0.25) is 4.79 Å². The van der Waals surface area contributed by atoms with Gasteiger partial charge in [0, 0.05) is 31.6 Å². The Morgan fingerprint density at radius 1 is 1.30 bits per heavy atom. The van der Waals surface area contributed by atoms with Crippen LogP contribution in [0, 0.1) is 11.8 Å². The van der Waals surface area contributed by atoms with E-state index in [4.69, 9.17) is 0 Å². The lowest BCUT2D eigenvalue weighted by molar-refractivity contribution is -0.136. The predicted octanol–water partition coefficient (Wildman–Crippen LogP) is 2.67. The van der Waals surface area contributed by atoms with Crippen molar-refractivity contribution in [3.8, 4) is 0 Å². The number of benzene rings is 1. The highest BCUT2D eigenvalue weighted by atomic mass is 16.2. The molecule has 0 aromatic heterocycles. The standard InChI is InChI=1S/C17H26N2O/c1-13(2)17(20)19-11-14(3)9-16(12-19)18-10-15-7-5-4-6-8-15/h4-8,13-14,16,18H,9-12H2,1-3H3. The molecule has 1 fully saturated rings. The fourth-order valence-corrected chi connectivity index (χ4v) is 2.90. The first kappa shape index (κ1) is 15.0. The van der Waals surface area contributed by atoms with E-state index < -0.39 is 0 Å². The summed E-state index contributed by atoms with van der Waals surface area (Å²) in [5.74, 6) is 0.942. The van der Waals surface area contributed by atoms with E-state index in [1.165, 1.54) is 5.56 Å². The van der Waals surface area contributed by atoms with E-state index in [1.807, 2.05) is 24.8 Å². The number of piperidine rings is 1. The smallest absolute Gasteiger partial charge is 0.225 e. The van der Waals surface area contributed by atoms with Crippen LogP contribution in [0.1, 0.15) is 32.8 Å². The van der Waals surface area contributed by atoms with Gasteiger partial charge >= 0.3 is 0 Å². The Hall–Kier alpha value is -1.35. The van der Waals surface area contributed by atoms with Gasteiger partial charge in [0.05, 0.1) is 0 Å². The van der Waals surface area contributed by atoms with Crippen LogP contribution in [0.5, 0.6) is 0 Å². The van der Waals surface area contributed by atoms with Crippen molar-refractivity contribution in [2.75, 3.05) is 13.1 Å². The van der Waals surface area contributed by atoms with Gasteiger partial charge in [0.1, 0.15) is 0 Å². The van der Waals surface area contributed by atoms with Gasteiger partial charge in [-0.2, -0.15) is 0 Å². The Bertz CT molecular complexity index is 430. The van der Waals surface area contributed by atoms with Crippen LogP contribution < -0.4 is 5.32 Å². The van der Waals surface area contributed by atoms with Crippen LogP contribution in [-0.2, 0) is 11.3 Å². The molecule has 3 heteroatoms. The van der Waals surface area contributed by atoms with Gasteiger partial charge in [0.2, 0.25) is 5.91 Å². The number of hydrogen-bond acceptors (Lipinski definition) is 2. The van der Waals surface area contributed by atoms with Gasteiger partial charge < -0.3 is 10.2 Å². The SMILES string of the molecule is CC1CC(NCc2ccccc2)CN(C(=O)C(C)C)C1. The highest BCUT2D eigenvalue weighted by molar-refractivity contribution is 5.78. The molecule has 1 aliphatic rings. The van der Waals surface area contributed by atoms with Crippen LogP contribution in [0.2, 0.25) is 0 Å². The number of carbonyl (C=O) groups is 1. The van der Waals surface area contributed by atoms with Gasteiger partial charge in [0.15, 0.2) is 0 Å². The molecule has 1 aliphatic heterocycles. The van der Waals surface area contributed by atoms with Crippen molar-refractivity contribution >= 4 is 5.91 Å². The highest BCUT2D eigenvalue weighted by Crippen LogP contribution is 2.18. The van der Waals surface area contributed by atoms with E-state index in [9.17, 15) is 4.79 Å². The van der Waals surface area contributed by atoms with E-state index in [-0.39, 0.29) is 11.8 Å².